The summed E-state index contributed by atoms with van der Waals surface area (Å²) in [6.45, 7) is 3.51. The fraction of sp³-hybridized carbons (Fsp3) is 0.172. The molecule has 0 saturated heterocycles. The van der Waals surface area contributed by atoms with Crippen LogP contribution in [-0.4, -0.2) is 49.3 Å². The van der Waals surface area contributed by atoms with Crippen molar-refractivity contribution >= 4 is 31.6 Å². The van der Waals surface area contributed by atoms with Crippen LogP contribution in [-0.2, 0) is 15.6 Å². The second kappa shape index (κ2) is 10.7. The quantitative estimate of drug-likeness (QED) is 0.237. The normalized spacial score (nSPS) is 12.6. The predicted octanol–water partition coefficient (Wildman–Crippen LogP) is 5.27. The third kappa shape index (κ3) is 5.61. The number of rotatable bonds is 8. The molecule has 2 aromatic carbocycles. The van der Waals surface area contributed by atoms with Crippen molar-refractivity contribution in [1.82, 2.24) is 29.5 Å². The van der Waals surface area contributed by atoms with Gasteiger partial charge >= 0.3 is 0 Å². The maximum Gasteiger partial charge on any atom is 0.222 e. The van der Waals surface area contributed by atoms with Gasteiger partial charge in [0.05, 0.1) is 22.7 Å². The summed E-state index contributed by atoms with van der Waals surface area (Å²) in [5.74, 6) is -1.82. The van der Waals surface area contributed by atoms with Gasteiger partial charge in [0.25, 0.3) is 0 Å². The van der Waals surface area contributed by atoms with Crippen molar-refractivity contribution in [2.75, 3.05) is 6.26 Å². The van der Waals surface area contributed by atoms with Crippen LogP contribution in [0.5, 0.6) is 23.3 Å². The number of aliphatic hydroxyl groups is 1. The average Bonchev–Trinajstić information content (AvgIpc) is 3.50. The maximum absolute atomic E-state index is 15.6. The van der Waals surface area contributed by atoms with Crippen LogP contribution in [0.25, 0.3) is 21.8 Å². The summed E-state index contributed by atoms with van der Waals surface area (Å²) in [5, 5.41) is 11.8. The Bertz CT molecular complexity index is 2130. The molecular weight excluding hydrogens is 582 g/mol. The van der Waals surface area contributed by atoms with Gasteiger partial charge < -0.3 is 24.1 Å². The molecule has 6 rings (SSSR count). The Balaban J connectivity index is 1.28. The molecule has 4 heterocycles. The largest absolute Gasteiger partial charge is 0.436 e. The Hall–Kier alpha value is -4.95. The fourth-order valence-corrected chi connectivity index (χ4v) is 5.53. The number of benzene rings is 2. The summed E-state index contributed by atoms with van der Waals surface area (Å²) in [6, 6.07) is 12.0. The van der Waals surface area contributed by atoms with E-state index in [9.17, 15) is 13.5 Å². The Morgan fingerprint density at radius 3 is 2.26 bits per heavy atom. The van der Waals surface area contributed by atoms with Gasteiger partial charge in [0.15, 0.2) is 39.2 Å². The Morgan fingerprint density at radius 2 is 1.53 bits per heavy atom. The summed E-state index contributed by atoms with van der Waals surface area (Å²) in [7, 11) is -3.35. The molecule has 11 nitrogen and oxygen atoms in total. The van der Waals surface area contributed by atoms with Gasteiger partial charge in [-0.15, -0.1) is 0 Å². The molecule has 43 heavy (non-hydrogen) atoms. The van der Waals surface area contributed by atoms with E-state index in [1.165, 1.54) is 41.2 Å². The van der Waals surface area contributed by atoms with Crippen molar-refractivity contribution in [1.29, 1.82) is 0 Å². The average molecular weight is 607 g/mol. The number of sulfone groups is 1. The predicted molar refractivity (Wildman–Crippen MR) is 153 cm³/mol. The van der Waals surface area contributed by atoms with Crippen LogP contribution in [0.3, 0.4) is 0 Å². The second-order valence-electron chi connectivity index (χ2n) is 10.0. The van der Waals surface area contributed by atoms with Gasteiger partial charge in [0.1, 0.15) is 12.7 Å². The van der Waals surface area contributed by atoms with Crippen molar-refractivity contribution in [2.24, 2.45) is 0 Å². The van der Waals surface area contributed by atoms with E-state index in [0.29, 0.717) is 22.1 Å². The third-order valence-corrected chi connectivity index (χ3v) is 7.48. The zero-order valence-corrected chi connectivity index (χ0v) is 23.9. The minimum Gasteiger partial charge on any atom is -0.436 e. The van der Waals surface area contributed by atoms with E-state index in [-0.39, 0.29) is 45.8 Å². The van der Waals surface area contributed by atoms with E-state index in [1.807, 2.05) is 6.92 Å². The summed E-state index contributed by atoms with van der Waals surface area (Å²) in [4.78, 5) is 19.1. The van der Waals surface area contributed by atoms with Crippen LogP contribution in [0.2, 0.25) is 0 Å². The number of ether oxygens (including phenoxy) is 2. The van der Waals surface area contributed by atoms with E-state index in [2.05, 4.69) is 24.9 Å². The number of aryl methyl sites for hydroxylation is 2. The van der Waals surface area contributed by atoms with Crippen molar-refractivity contribution in [2.45, 2.75) is 25.8 Å². The van der Waals surface area contributed by atoms with E-state index < -0.39 is 27.7 Å². The molecule has 14 heteroatoms. The monoisotopic (exact) mass is 606 g/mol. The zero-order chi connectivity index (χ0) is 30.5. The Labute approximate surface area is 243 Å². The first kappa shape index (κ1) is 28.2. The molecule has 1 atom stereocenters. The third-order valence-electron chi connectivity index (χ3n) is 6.66. The first-order chi connectivity index (χ1) is 20.5. The number of H-pyrrole nitrogens is 1. The molecule has 0 aliphatic carbocycles. The lowest BCUT2D eigenvalue weighted by atomic mass is 10.2. The summed E-state index contributed by atoms with van der Waals surface area (Å²) >= 11 is 0. The van der Waals surface area contributed by atoms with Gasteiger partial charge in [0.2, 0.25) is 11.8 Å². The zero-order valence-electron chi connectivity index (χ0n) is 23.0. The summed E-state index contributed by atoms with van der Waals surface area (Å²) < 4.78 is 66.6. The van der Waals surface area contributed by atoms with Crippen LogP contribution >= 0.6 is 0 Å². The molecule has 0 saturated carbocycles. The van der Waals surface area contributed by atoms with Gasteiger partial charge in [-0.2, -0.15) is 0 Å². The number of fused-ring (bicyclic) bond motifs is 2. The smallest absolute Gasteiger partial charge is 0.222 e. The highest BCUT2D eigenvalue weighted by atomic mass is 32.2. The van der Waals surface area contributed by atoms with E-state index in [0.717, 1.165) is 18.3 Å². The number of aliphatic hydroxyl groups excluding tert-OH is 1. The molecule has 2 N–H and O–H groups in total. The number of nitrogens with one attached hydrogen (secondary N) is 1. The van der Waals surface area contributed by atoms with Crippen molar-refractivity contribution in [3.05, 3.63) is 95.6 Å². The van der Waals surface area contributed by atoms with E-state index >= 15 is 8.78 Å². The topological polar surface area (TPSA) is 145 Å². The van der Waals surface area contributed by atoms with Crippen LogP contribution in [0.1, 0.15) is 29.0 Å². The standard InChI is InChI=1S/C29H24F2N6O5S/c1-15-8-18-20(36-15)4-6-23(27(18)30)42-26-11-21(33-14-35-26)29(38)37-16(2)9-19-22(37)5-7-24(28(19)31)41-25-10-17(32-13-34-25)12-43(3,39)40/h4-11,13-14,29,36,38H,12H2,1-3H3. The first-order valence-electron chi connectivity index (χ1n) is 12.9. The fourth-order valence-electron chi connectivity index (χ4n) is 4.84. The van der Waals surface area contributed by atoms with Crippen LogP contribution < -0.4 is 9.47 Å². The number of hydrogen-bond donors (Lipinski definition) is 2. The Morgan fingerprint density at radius 1 is 0.884 bits per heavy atom. The van der Waals surface area contributed by atoms with Crippen LogP contribution in [0.4, 0.5) is 8.78 Å². The number of aromatic amines is 1. The van der Waals surface area contributed by atoms with E-state index in [4.69, 9.17) is 9.47 Å². The number of aromatic nitrogens is 6. The van der Waals surface area contributed by atoms with Crippen LogP contribution in [0.15, 0.2) is 61.2 Å². The molecule has 0 aliphatic rings. The number of nitrogens with zero attached hydrogens (tertiary/aromatic N) is 5. The molecule has 0 spiro atoms. The molecule has 0 amide bonds. The highest BCUT2D eigenvalue weighted by Crippen LogP contribution is 2.35. The molecule has 4 aromatic heterocycles. The minimum absolute atomic E-state index is 0.00522. The highest BCUT2D eigenvalue weighted by molar-refractivity contribution is 7.89. The minimum atomic E-state index is -3.35. The van der Waals surface area contributed by atoms with Gasteiger partial charge in [-0.3, -0.25) is 0 Å². The number of hydrogen-bond acceptors (Lipinski definition) is 9. The SMILES string of the molecule is Cc1cc2c(F)c(Oc3cc(C(O)n4c(C)cc5c(F)c(Oc6cc(CS(C)(=O)=O)ncn6)ccc54)ncn3)ccc2[nH]1. The molecule has 0 aliphatic heterocycles. The van der Waals surface area contributed by atoms with Gasteiger partial charge in [-0.05, 0) is 50.2 Å². The molecule has 220 valence electrons. The van der Waals surface area contributed by atoms with Gasteiger partial charge in [-0.25, -0.2) is 37.1 Å². The lowest BCUT2D eigenvalue weighted by Gasteiger charge is -2.17. The van der Waals surface area contributed by atoms with Crippen molar-refractivity contribution in [3.63, 3.8) is 0 Å². The molecule has 0 bridgehead atoms. The lowest BCUT2D eigenvalue weighted by molar-refractivity contribution is 0.144. The van der Waals surface area contributed by atoms with E-state index in [1.54, 1.807) is 25.1 Å². The molecule has 6 aromatic rings. The molecule has 1 unspecified atom stereocenters. The highest BCUT2D eigenvalue weighted by Gasteiger charge is 2.22. The van der Waals surface area contributed by atoms with Gasteiger partial charge in [-0.1, -0.05) is 0 Å². The van der Waals surface area contributed by atoms with Crippen molar-refractivity contribution in [3.8, 4) is 23.3 Å². The first-order valence-corrected chi connectivity index (χ1v) is 14.9. The summed E-state index contributed by atoms with van der Waals surface area (Å²) in [5.41, 5.74) is 2.62. The van der Waals surface area contributed by atoms with Gasteiger partial charge in [0, 0.05) is 46.1 Å². The molecule has 0 radical (unpaired) electrons. The summed E-state index contributed by atoms with van der Waals surface area (Å²) in [6.07, 6.45) is 2.02. The number of halogens is 2. The lowest BCUT2D eigenvalue weighted by Crippen LogP contribution is -2.13. The molecule has 0 fully saturated rings. The molecular formula is C29H24F2N6O5S. The maximum atomic E-state index is 15.6. The Kier molecular flexibility index (Phi) is 7.02. The second-order valence-corrected chi connectivity index (χ2v) is 12.2. The van der Waals surface area contributed by atoms with Crippen molar-refractivity contribution < 1.29 is 31.8 Å². The van der Waals surface area contributed by atoms with Crippen LogP contribution in [0, 0.1) is 25.5 Å².